The lowest BCUT2D eigenvalue weighted by Gasteiger charge is -2.65. The van der Waals surface area contributed by atoms with Crippen LogP contribution >= 0.6 is 0 Å². The lowest BCUT2D eigenvalue weighted by atomic mass is 9.41. The number of ether oxygens (including phenoxy) is 10. The van der Waals surface area contributed by atoms with Gasteiger partial charge in [0, 0.05) is 39.5 Å². The molecule has 17 nitrogen and oxygen atoms in total. The van der Waals surface area contributed by atoms with E-state index in [1.54, 1.807) is 0 Å². The first kappa shape index (κ1) is 45.8. The summed E-state index contributed by atoms with van der Waals surface area (Å²) in [6.45, 7) is 18.4. The molecule has 0 radical (unpaired) electrons. The van der Waals surface area contributed by atoms with E-state index in [1.807, 2.05) is 6.92 Å². The molecule has 0 amide bonds. The summed E-state index contributed by atoms with van der Waals surface area (Å²) in [6, 6.07) is 0. The Hall–Kier alpha value is -3.38. The summed E-state index contributed by atoms with van der Waals surface area (Å²) in [4.78, 5) is 73.7. The van der Waals surface area contributed by atoms with Crippen LogP contribution in [-0.2, 0) is 76.1 Å². The van der Waals surface area contributed by atoms with Gasteiger partial charge in [-0.15, -0.1) is 0 Å². The third-order valence-electron chi connectivity index (χ3n) is 18.4. The van der Waals surface area contributed by atoms with Crippen LogP contribution in [0.1, 0.15) is 133 Å². The number of carbonyl (C=O) groups is 6. The van der Waals surface area contributed by atoms with Gasteiger partial charge in [-0.2, -0.15) is 0 Å². The van der Waals surface area contributed by atoms with Crippen LogP contribution < -0.4 is 0 Å². The molecule has 0 aromatic rings. The zero-order valence-corrected chi connectivity index (χ0v) is 38.8. The van der Waals surface area contributed by atoms with Crippen LogP contribution in [0.3, 0.4) is 0 Å². The van der Waals surface area contributed by atoms with E-state index in [1.165, 1.54) is 27.7 Å². The van der Waals surface area contributed by atoms with Crippen molar-refractivity contribution in [1.29, 1.82) is 0 Å². The van der Waals surface area contributed by atoms with Crippen molar-refractivity contribution in [3.63, 3.8) is 0 Å². The number of hydrogen-bond donors (Lipinski definition) is 1. The molecule has 64 heavy (non-hydrogen) atoms. The second kappa shape index (κ2) is 15.1. The Morgan fingerprint density at radius 1 is 0.688 bits per heavy atom. The van der Waals surface area contributed by atoms with Crippen LogP contribution in [0.2, 0.25) is 0 Å². The van der Waals surface area contributed by atoms with Crippen molar-refractivity contribution in [2.45, 2.75) is 200 Å². The van der Waals surface area contributed by atoms with E-state index in [-0.39, 0.29) is 83.1 Å². The standard InChI is InChI=1S/C47H66O17/c1-22-17-47(39-44(10,63-39)40(64-47)61-34(54)14-13-33(52)53)62-27-18-42(8)30-12-11-29-41(6,7)31(15-16-45(29)21-46(30,45)19-32(57-24(3)49)43(42,9)35(22)27)60-38-37(59-26(5)51)36(58-25(4)50)28(20-55-38)56-23(2)48/h22,27-32,35-40H,11-21H2,1-10H3,(H,52,53)/t22-,27+,28-,29+,30+,31+,32-,35+,36+,37-,38+,39-,40-,42+,43-,44+,45-,46+,47-/m1/s1. The molecule has 5 aliphatic carbocycles. The Morgan fingerprint density at radius 2 is 1.34 bits per heavy atom. The van der Waals surface area contributed by atoms with Crippen molar-refractivity contribution in [3.8, 4) is 0 Å². The van der Waals surface area contributed by atoms with E-state index >= 15 is 0 Å². The quantitative estimate of drug-likeness (QED) is 0.130. The maximum absolute atomic E-state index is 13.2. The largest absolute Gasteiger partial charge is 0.481 e. The lowest BCUT2D eigenvalue weighted by Crippen LogP contribution is -2.64. The van der Waals surface area contributed by atoms with Crippen LogP contribution in [0.15, 0.2) is 0 Å². The summed E-state index contributed by atoms with van der Waals surface area (Å²) in [6.07, 6.45) is -1.02. The van der Waals surface area contributed by atoms with Gasteiger partial charge in [-0.05, 0) is 97.2 Å². The first-order chi connectivity index (χ1) is 29.9. The third kappa shape index (κ3) is 6.61. The van der Waals surface area contributed by atoms with Gasteiger partial charge in [0.05, 0.1) is 31.7 Å². The number of hydrogen-bond acceptors (Lipinski definition) is 16. The number of carboxylic acid groups (broad SMARTS) is 1. The Kier molecular flexibility index (Phi) is 10.8. The number of carboxylic acids is 1. The van der Waals surface area contributed by atoms with Gasteiger partial charge in [0.15, 0.2) is 30.2 Å². The minimum atomic E-state index is -1.18. The Balaban J connectivity index is 0.970. The highest BCUT2D eigenvalue weighted by molar-refractivity contribution is 5.76. The minimum absolute atomic E-state index is 0.0283. The molecule has 4 heterocycles. The van der Waals surface area contributed by atoms with Gasteiger partial charge >= 0.3 is 35.8 Å². The van der Waals surface area contributed by atoms with Gasteiger partial charge in [-0.3, -0.25) is 28.8 Å². The van der Waals surface area contributed by atoms with Crippen molar-refractivity contribution in [3.05, 3.63) is 0 Å². The van der Waals surface area contributed by atoms with Crippen molar-refractivity contribution in [1.82, 2.24) is 0 Å². The smallest absolute Gasteiger partial charge is 0.308 e. The molecule has 4 saturated heterocycles. The molecule has 19 atom stereocenters. The highest BCUT2D eigenvalue weighted by atomic mass is 16.9. The van der Waals surface area contributed by atoms with Crippen molar-refractivity contribution in [2.24, 2.45) is 50.7 Å². The molecule has 5 saturated carbocycles. The second-order valence-corrected chi connectivity index (χ2v) is 22.1. The van der Waals surface area contributed by atoms with Gasteiger partial charge < -0.3 is 52.5 Å². The van der Waals surface area contributed by atoms with E-state index in [4.69, 9.17) is 52.5 Å². The van der Waals surface area contributed by atoms with E-state index in [2.05, 4.69) is 34.6 Å². The van der Waals surface area contributed by atoms with Crippen LogP contribution in [0.4, 0.5) is 0 Å². The average molecular weight is 903 g/mol. The first-order valence-corrected chi connectivity index (χ1v) is 23.3. The van der Waals surface area contributed by atoms with E-state index in [0.29, 0.717) is 18.8 Å². The zero-order valence-electron chi connectivity index (χ0n) is 38.8. The molecule has 9 fully saturated rings. The van der Waals surface area contributed by atoms with Crippen molar-refractivity contribution in [2.75, 3.05) is 6.61 Å². The van der Waals surface area contributed by atoms with E-state index in [0.717, 1.165) is 38.5 Å². The molecule has 4 aliphatic heterocycles. The van der Waals surface area contributed by atoms with Gasteiger partial charge in [-0.1, -0.05) is 34.6 Å². The highest BCUT2D eigenvalue weighted by Gasteiger charge is 2.87. The van der Waals surface area contributed by atoms with Gasteiger partial charge in [0.25, 0.3) is 0 Å². The first-order valence-electron chi connectivity index (χ1n) is 23.3. The third-order valence-corrected chi connectivity index (χ3v) is 18.4. The molecule has 1 N–H and O–H groups in total. The molecule has 0 unspecified atom stereocenters. The fourth-order valence-electron chi connectivity index (χ4n) is 16.1. The number of epoxide rings is 1. The van der Waals surface area contributed by atoms with Crippen LogP contribution in [0.5, 0.6) is 0 Å². The SMILES string of the molecule is CC(=O)O[C@@H]1[C@@H](OC(C)=O)[C@H](O[C@H]2CC[C@]34C[C@]35C[C@@H](OC(C)=O)[C@]3(C)[C@H]6[C@H](C)C[C@]7(O[C@@H](OC(=O)CCC(=O)O)[C@@]8(C)O[C@@H]78)O[C@H]6C[C@@]3(C)[C@@H]5CC[C@H]4C2(C)C)OC[C@H]1OC(C)=O. The summed E-state index contributed by atoms with van der Waals surface area (Å²) in [7, 11) is 0. The molecular weight excluding hydrogens is 836 g/mol. The predicted octanol–water partition coefficient (Wildman–Crippen LogP) is 5.16. The number of rotatable bonds is 10. The predicted molar refractivity (Wildman–Crippen MR) is 217 cm³/mol. The molecule has 356 valence electrons. The summed E-state index contributed by atoms with van der Waals surface area (Å²) >= 11 is 0. The molecule has 0 bridgehead atoms. The van der Waals surface area contributed by atoms with E-state index in [9.17, 15) is 28.8 Å². The molecule has 0 aromatic heterocycles. The maximum Gasteiger partial charge on any atom is 0.308 e. The monoisotopic (exact) mass is 902 g/mol. The summed E-state index contributed by atoms with van der Waals surface area (Å²) < 4.78 is 62.0. The molecule has 17 heteroatoms. The van der Waals surface area contributed by atoms with Crippen molar-refractivity contribution >= 4 is 35.8 Å². The fourth-order valence-corrected chi connectivity index (χ4v) is 16.1. The Morgan fingerprint density at radius 3 is 2.00 bits per heavy atom. The summed E-state index contributed by atoms with van der Waals surface area (Å²) in [5, 5.41) is 9.11. The Bertz CT molecular complexity index is 1990. The number of esters is 5. The van der Waals surface area contributed by atoms with E-state index < -0.39 is 83.6 Å². The molecule has 9 rings (SSSR count). The van der Waals surface area contributed by atoms with Gasteiger partial charge in [0.1, 0.15) is 12.2 Å². The van der Waals surface area contributed by atoms with Crippen LogP contribution in [0.25, 0.3) is 0 Å². The molecule has 0 aromatic carbocycles. The normalized spacial score (nSPS) is 49.9. The van der Waals surface area contributed by atoms with Gasteiger partial charge in [-0.25, -0.2) is 0 Å². The molecule has 9 aliphatic rings. The van der Waals surface area contributed by atoms with Crippen LogP contribution in [0, 0.1) is 50.7 Å². The summed E-state index contributed by atoms with van der Waals surface area (Å²) in [5.41, 5.74) is -2.16. The highest BCUT2D eigenvalue weighted by Crippen LogP contribution is 2.89. The van der Waals surface area contributed by atoms with Gasteiger partial charge in [0.2, 0.25) is 12.1 Å². The van der Waals surface area contributed by atoms with Crippen LogP contribution in [-0.4, -0.2) is 114 Å². The Labute approximate surface area is 373 Å². The minimum Gasteiger partial charge on any atom is -0.481 e. The molecular formula is C47H66O17. The summed E-state index contributed by atoms with van der Waals surface area (Å²) in [5.74, 6) is -4.43. The topological polar surface area (TPSA) is 218 Å². The maximum atomic E-state index is 13.2. The number of aliphatic carboxylic acids is 1. The second-order valence-electron chi connectivity index (χ2n) is 22.1. The zero-order chi connectivity index (χ0) is 46.3. The fraction of sp³-hybridized carbons (Fsp3) is 0.872. The van der Waals surface area contributed by atoms with Crippen molar-refractivity contribution < 1.29 is 81.2 Å². The molecule has 3 spiro atoms. The lowest BCUT2D eigenvalue weighted by molar-refractivity contribution is -0.347. The average Bonchev–Trinajstić information content (AvgIpc) is 4.02. The number of carbonyl (C=O) groups excluding carboxylic acids is 5. The number of fused-ring (bicyclic) bond motifs is 6.